The Labute approximate surface area is 95.5 Å². The highest BCUT2D eigenvalue weighted by atomic mass is 35.5. The van der Waals surface area contributed by atoms with E-state index < -0.39 is 16.5 Å². The minimum Gasteiger partial charge on any atom is -1.00 e. The van der Waals surface area contributed by atoms with Gasteiger partial charge in [-0.05, 0) is 39.3 Å². The fourth-order valence-electron chi connectivity index (χ4n) is 1.15. The predicted molar refractivity (Wildman–Crippen MR) is 62.1 cm³/mol. The maximum Gasteiger partial charge on any atom is 0.257 e. The molecular formula is C9H21ClN2Si2. The number of hydrogen-bond donors (Lipinski definition) is 0. The van der Waals surface area contributed by atoms with Crippen LogP contribution in [0.5, 0.6) is 0 Å². The second kappa shape index (κ2) is 4.20. The third kappa shape index (κ3) is 3.26. The largest absolute Gasteiger partial charge is 1.00 e. The van der Waals surface area contributed by atoms with Gasteiger partial charge >= 0.3 is 0 Å². The third-order valence-corrected chi connectivity index (χ3v) is 5.81. The lowest BCUT2D eigenvalue weighted by molar-refractivity contribution is -0.544. The van der Waals surface area contributed by atoms with Crippen molar-refractivity contribution < 1.29 is 16.6 Å². The van der Waals surface area contributed by atoms with Gasteiger partial charge in [0, 0.05) is 0 Å². The van der Waals surface area contributed by atoms with Gasteiger partial charge in [0.1, 0.15) is 12.4 Å². The molecule has 0 atom stereocenters. The molecule has 0 unspecified atom stereocenters. The average molecular weight is 249 g/mol. The molecule has 1 aromatic rings. The van der Waals surface area contributed by atoms with E-state index in [2.05, 4.69) is 66.5 Å². The molecule has 0 aromatic carbocycles. The van der Waals surface area contributed by atoms with Crippen molar-refractivity contribution in [2.75, 3.05) is 0 Å². The highest BCUT2D eigenvalue weighted by molar-refractivity contribution is 6.74. The van der Waals surface area contributed by atoms with Gasteiger partial charge in [0.2, 0.25) is 6.33 Å². The lowest BCUT2D eigenvalue weighted by atomic mass is 11.0. The normalized spacial score (nSPS) is 12.4. The van der Waals surface area contributed by atoms with E-state index in [1.54, 1.807) is 0 Å². The molecular weight excluding hydrogens is 228 g/mol. The van der Waals surface area contributed by atoms with Crippen molar-refractivity contribution in [3.8, 4) is 0 Å². The Morgan fingerprint density at radius 3 is 1.71 bits per heavy atom. The Hall–Kier alpha value is -0.0662. The summed E-state index contributed by atoms with van der Waals surface area (Å²) in [6.45, 7) is 14.2. The summed E-state index contributed by atoms with van der Waals surface area (Å²) in [5, 5.41) is 0. The summed E-state index contributed by atoms with van der Waals surface area (Å²) >= 11 is 0. The van der Waals surface area contributed by atoms with Gasteiger partial charge in [-0.15, -0.1) is 0 Å². The second-order valence-electron chi connectivity index (χ2n) is 5.57. The van der Waals surface area contributed by atoms with E-state index in [1.807, 2.05) is 0 Å². The van der Waals surface area contributed by atoms with Crippen molar-refractivity contribution in [2.24, 2.45) is 0 Å². The highest BCUT2D eigenvalue weighted by Gasteiger charge is 2.28. The van der Waals surface area contributed by atoms with E-state index in [0.717, 1.165) is 0 Å². The van der Waals surface area contributed by atoms with Crippen molar-refractivity contribution >= 4 is 16.5 Å². The maximum absolute atomic E-state index is 2.41. The molecule has 0 aliphatic rings. The highest BCUT2D eigenvalue weighted by Crippen LogP contribution is 2.05. The number of aromatic nitrogens is 2. The molecule has 0 aliphatic carbocycles. The van der Waals surface area contributed by atoms with Crippen LogP contribution in [0.2, 0.25) is 39.3 Å². The Balaban J connectivity index is 0.00000169. The monoisotopic (exact) mass is 248 g/mol. The molecule has 0 radical (unpaired) electrons. The topological polar surface area (TPSA) is 8.81 Å². The molecule has 14 heavy (non-hydrogen) atoms. The molecule has 2 nitrogen and oxygen atoms in total. The summed E-state index contributed by atoms with van der Waals surface area (Å²) in [4.78, 5) is 0. The molecule has 5 heteroatoms. The summed E-state index contributed by atoms with van der Waals surface area (Å²) in [6.07, 6.45) is 6.74. The van der Waals surface area contributed by atoms with Crippen molar-refractivity contribution in [1.29, 1.82) is 0 Å². The summed E-state index contributed by atoms with van der Waals surface area (Å²) < 4.78 is 4.82. The van der Waals surface area contributed by atoms with Gasteiger partial charge in [-0.1, -0.05) is 0 Å². The van der Waals surface area contributed by atoms with Crippen LogP contribution in [0, 0.1) is 0 Å². The Morgan fingerprint density at radius 2 is 1.50 bits per heavy atom. The molecule has 0 spiro atoms. The number of hydrogen-bond acceptors (Lipinski definition) is 0. The maximum atomic E-state index is 2.41. The number of nitrogens with zero attached hydrogens (tertiary/aromatic N) is 2. The van der Waals surface area contributed by atoms with Gasteiger partial charge < -0.3 is 12.4 Å². The zero-order valence-electron chi connectivity index (χ0n) is 10.0. The first kappa shape index (κ1) is 13.9. The first-order chi connectivity index (χ1) is 5.71. The summed E-state index contributed by atoms with van der Waals surface area (Å²) in [7, 11) is -2.35. The summed E-state index contributed by atoms with van der Waals surface area (Å²) in [5.74, 6) is 0. The van der Waals surface area contributed by atoms with E-state index >= 15 is 0 Å². The van der Waals surface area contributed by atoms with Crippen LogP contribution in [-0.2, 0) is 0 Å². The summed E-state index contributed by atoms with van der Waals surface area (Å²) in [6, 6.07) is 0. The van der Waals surface area contributed by atoms with Crippen LogP contribution in [0.1, 0.15) is 0 Å². The van der Waals surface area contributed by atoms with E-state index in [1.165, 1.54) is 0 Å². The SMILES string of the molecule is C[Si](C)(C)n1cc[n+]([Si](C)(C)C)c1.[Cl-]. The van der Waals surface area contributed by atoms with Gasteiger partial charge in [-0.3, -0.25) is 8.47 Å². The first-order valence-corrected chi connectivity index (χ1v) is 11.7. The van der Waals surface area contributed by atoms with E-state index in [4.69, 9.17) is 0 Å². The van der Waals surface area contributed by atoms with Crippen LogP contribution in [0.25, 0.3) is 0 Å². The average Bonchev–Trinajstić information content (AvgIpc) is 2.28. The second-order valence-corrected chi connectivity index (χ2v) is 15.3. The van der Waals surface area contributed by atoms with Crippen molar-refractivity contribution in [3.63, 3.8) is 0 Å². The van der Waals surface area contributed by atoms with Crippen LogP contribution in [0.4, 0.5) is 0 Å². The Kier molecular flexibility index (Phi) is 4.18. The van der Waals surface area contributed by atoms with Gasteiger partial charge in [0.05, 0.1) is 0 Å². The summed E-state index contributed by atoms with van der Waals surface area (Å²) in [5.41, 5.74) is 0. The predicted octanol–water partition coefficient (Wildman–Crippen LogP) is -0.854. The molecule has 0 saturated heterocycles. The first-order valence-electron chi connectivity index (χ1n) is 4.81. The van der Waals surface area contributed by atoms with Crippen LogP contribution < -0.4 is 16.6 Å². The molecule has 0 aliphatic heterocycles. The van der Waals surface area contributed by atoms with Crippen molar-refractivity contribution in [1.82, 2.24) is 4.23 Å². The van der Waals surface area contributed by atoms with Gasteiger partial charge in [0.15, 0.2) is 0 Å². The zero-order chi connectivity index (χ0) is 10.3. The number of rotatable bonds is 2. The standard InChI is InChI=1S/C9H21N2Si2.ClH/c1-12(2,3)10-7-8-11(9-10)13(4,5)6;/h7-9H,1-6H3;1H/q+1;/p-1. The van der Waals surface area contributed by atoms with Gasteiger partial charge in [-0.25, -0.2) is 0 Å². The van der Waals surface area contributed by atoms with Crippen LogP contribution in [-0.4, -0.2) is 20.7 Å². The molecule has 0 bridgehead atoms. The lowest BCUT2D eigenvalue weighted by Gasteiger charge is -2.13. The molecule has 1 heterocycles. The van der Waals surface area contributed by atoms with E-state index in [9.17, 15) is 0 Å². The van der Waals surface area contributed by atoms with Crippen LogP contribution >= 0.6 is 0 Å². The number of imidazole rings is 1. The minimum absolute atomic E-state index is 0. The van der Waals surface area contributed by atoms with Gasteiger partial charge in [0.25, 0.3) is 16.5 Å². The van der Waals surface area contributed by atoms with E-state index in [-0.39, 0.29) is 12.4 Å². The Bertz CT molecular complexity index is 268. The minimum atomic E-state index is -1.17. The molecule has 0 fully saturated rings. The van der Waals surface area contributed by atoms with Crippen LogP contribution in [0.3, 0.4) is 0 Å². The molecule has 0 N–H and O–H groups in total. The zero-order valence-corrected chi connectivity index (χ0v) is 12.8. The molecule has 0 amide bonds. The smallest absolute Gasteiger partial charge is 0.257 e. The van der Waals surface area contributed by atoms with Gasteiger partial charge in [-0.2, -0.15) is 0 Å². The number of halogens is 1. The molecule has 1 rings (SSSR count). The van der Waals surface area contributed by atoms with Crippen molar-refractivity contribution in [2.45, 2.75) is 39.3 Å². The fraction of sp³-hybridized carbons (Fsp3) is 0.667. The third-order valence-electron chi connectivity index (χ3n) is 2.19. The van der Waals surface area contributed by atoms with Crippen molar-refractivity contribution in [3.05, 3.63) is 18.7 Å². The molecule has 0 saturated carbocycles. The molecule has 1 aromatic heterocycles. The lowest BCUT2D eigenvalue weighted by Crippen LogP contribution is -3.00. The fourth-order valence-corrected chi connectivity index (χ4v) is 3.23. The van der Waals surface area contributed by atoms with Crippen LogP contribution in [0.15, 0.2) is 18.7 Å². The van der Waals surface area contributed by atoms with E-state index in [0.29, 0.717) is 0 Å². The molecule has 82 valence electrons. The quantitative estimate of drug-likeness (QED) is 0.603. The Morgan fingerprint density at radius 1 is 1.00 bits per heavy atom.